The van der Waals surface area contributed by atoms with Gasteiger partial charge in [0.2, 0.25) is 5.91 Å². The summed E-state index contributed by atoms with van der Waals surface area (Å²) in [5.41, 5.74) is 3.21. The monoisotopic (exact) mass is 502 g/mol. The lowest BCUT2D eigenvalue weighted by molar-refractivity contribution is -0.113. The number of hydrogen-bond donors (Lipinski definition) is 1. The van der Waals surface area contributed by atoms with E-state index in [0.717, 1.165) is 32.8 Å². The summed E-state index contributed by atoms with van der Waals surface area (Å²) < 4.78 is 7.43. The van der Waals surface area contributed by atoms with E-state index in [-0.39, 0.29) is 17.2 Å². The van der Waals surface area contributed by atoms with Gasteiger partial charge in [-0.05, 0) is 54.4 Å². The van der Waals surface area contributed by atoms with Crippen molar-refractivity contribution < 1.29 is 9.53 Å². The quantitative estimate of drug-likeness (QED) is 0.246. The number of thioether (sulfide) groups is 1. The first kappa shape index (κ1) is 23.1. The Hall–Kier alpha value is -3.69. The Morgan fingerprint density at radius 3 is 2.74 bits per heavy atom. The molecule has 0 radical (unpaired) electrons. The third-order valence-electron chi connectivity index (χ3n) is 5.45. The average molecular weight is 503 g/mol. The molecule has 1 N–H and O–H groups in total. The van der Waals surface area contributed by atoms with E-state index in [9.17, 15) is 9.59 Å². The highest BCUT2D eigenvalue weighted by Crippen LogP contribution is 2.30. The van der Waals surface area contributed by atoms with Gasteiger partial charge in [-0.1, -0.05) is 36.0 Å². The summed E-state index contributed by atoms with van der Waals surface area (Å²) in [7, 11) is 1.61. The van der Waals surface area contributed by atoms with Gasteiger partial charge in [0.1, 0.15) is 15.3 Å². The van der Waals surface area contributed by atoms with Crippen molar-refractivity contribution in [3.63, 3.8) is 0 Å². The number of carbonyl (C=O) groups excluding carboxylic acids is 1. The van der Waals surface area contributed by atoms with Gasteiger partial charge in [-0.25, -0.2) is 9.97 Å². The zero-order valence-corrected chi connectivity index (χ0v) is 20.8. The van der Waals surface area contributed by atoms with Gasteiger partial charge in [0.15, 0.2) is 5.16 Å². The molecular formula is C26H22N4O3S2. The Labute approximate surface area is 209 Å². The Balaban J connectivity index is 1.50. The van der Waals surface area contributed by atoms with Crippen molar-refractivity contribution in [3.8, 4) is 5.75 Å². The molecule has 3 aromatic heterocycles. The molecule has 5 aromatic rings. The first-order chi connectivity index (χ1) is 17.0. The Morgan fingerprint density at radius 2 is 1.97 bits per heavy atom. The third-order valence-corrected chi connectivity index (χ3v) is 7.52. The second kappa shape index (κ2) is 9.89. The number of carbonyl (C=O) groups is 1. The molecule has 0 bridgehead atoms. The van der Waals surface area contributed by atoms with Gasteiger partial charge >= 0.3 is 0 Å². The second-order valence-corrected chi connectivity index (χ2v) is 9.92. The summed E-state index contributed by atoms with van der Waals surface area (Å²) >= 11 is 2.59. The fourth-order valence-electron chi connectivity index (χ4n) is 3.75. The third kappa shape index (κ3) is 4.91. The van der Waals surface area contributed by atoms with Crippen LogP contribution in [0.4, 0.5) is 5.69 Å². The number of nitrogens with one attached hydrogen (secondary N) is 1. The topological polar surface area (TPSA) is 86.1 Å². The van der Waals surface area contributed by atoms with Gasteiger partial charge in [0.05, 0.1) is 24.9 Å². The highest BCUT2D eigenvalue weighted by Gasteiger charge is 2.18. The summed E-state index contributed by atoms with van der Waals surface area (Å²) in [5.74, 6) is 0.699. The standard InChI is InChI=1S/C26H22N4O3S2/c1-16-5-3-6-18(13-16)28-21(31)15-34-26-29-22-20-7-4-12-27-24(20)35-23(22)25(32)30(26)14-17-8-10-19(33-2)11-9-17/h3-13H,14-15H2,1-2H3,(H,28,31). The fourth-order valence-corrected chi connectivity index (χ4v) is 5.58. The van der Waals surface area contributed by atoms with E-state index in [4.69, 9.17) is 9.72 Å². The number of thiophene rings is 1. The molecule has 0 fully saturated rings. The van der Waals surface area contributed by atoms with E-state index >= 15 is 0 Å². The number of fused-ring (bicyclic) bond motifs is 3. The van der Waals surface area contributed by atoms with Crippen LogP contribution in [-0.4, -0.2) is 33.3 Å². The molecule has 0 saturated carbocycles. The van der Waals surface area contributed by atoms with Gasteiger partial charge in [-0.2, -0.15) is 0 Å². The normalized spacial score (nSPS) is 11.1. The highest BCUT2D eigenvalue weighted by molar-refractivity contribution is 7.99. The van der Waals surface area contributed by atoms with Crippen LogP contribution < -0.4 is 15.6 Å². The van der Waals surface area contributed by atoms with Gasteiger partial charge in [-0.3, -0.25) is 14.2 Å². The molecule has 0 aliphatic carbocycles. The number of rotatable bonds is 7. The molecule has 3 heterocycles. The Kier molecular flexibility index (Phi) is 6.52. The van der Waals surface area contributed by atoms with Crippen LogP contribution in [0.15, 0.2) is 76.8 Å². The minimum absolute atomic E-state index is 0.120. The van der Waals surface area contributed by atoms with E-state index in [1.165, 1.54) is 23.1 Å². The number of aryl methyl sites for hydroxylation is 1. The zero-order chi connectivity index (χ0) is 24.4. The molecule has 0 aliphatic rings. The number of hydrogen-bond acceptors (Lipinski definition) is 7. The molecule has 176 valence electrons. The van der Waals surface area contributed by atoms with E-state index in [0.29, 0.717) is 21.9 Å². The van der Waals surface area contributed by atoms with Crippen molar-refractivity contribution in [2.45, 2.75) is 18.6 Å². The van der Waals surface area contributed by atoms with Crippen LogP contribution >= 0.6 is 23.1 Å². The minimum atomic E-state index is -0.164. The predicted molar refractivity (Wildman–Crippen MR) is 142 cm³/mol. The maximum atomic E-state index is 13.6. The molecule has 0 aliphatic heterocycles. The lowest BCUT2D eigenvalue weighted by Crippen LogP contribution is -2.24. The number of methoxy groups -OCH3 is 1. The minimum Gasteiger partial charge on any atom is -0.497 e. The molecule has 9 heteroatoms. The number of benzene rings is 2. The van der Waals surface area contributed by atoms with Crippen LogP contribution in [0.2, 0.25) is 0 Å². The van der Waals surface area contributed by atoms with Crippen molar-refractivity contribution >= 4 is 55.1 Å². The largest absolute Gasteiger partial charge is 0.497 e. The smallest absolute Gasteiger partial charge is 0.272 e. The molecule has 7 nitrogen and oxygen atoms in total. The molecule has 0 spiro atoms. The Morgan fingerprint density at radius 1 is 1.14 bits per heavy atom. The number of nitrogens with zero attached hydrogens (tertiary/aromatic N) is 3. The predicted octanol–water partition coefficient (Wildman–Crippen LogP) is 5.10. The van der Waals surface area contributed by atoms with Crippen LogP contribution in [0, 0.1) is 6.92 Å². The number of anilines is 1. The summed E-state index contributed by atoms with van der Waals surface area (Å²) in [6.45, 7) is 2.30. The Bertz CT molecular complexity index is 1590. The molecule has 0 atom stereocenters. The molecule has 5 rings (SSSR count). The van der Waals surface area contributed by atoms with E-state index in [1.54, 1.807) is 17.9 Å². The second-order valence-electron chi connectivity index (χ2n) is 7.98. The van der Waals surface area contributed by atoms with E-state index in [1.807, 2.05) is 67.6 Å². The van der Waals surface area contributed by atoms with Gasteiger partial charge < -0.3 is 10.1 Å². The molecule has 0 unspecified atom stereocenters. The first-order valence-corrected chi connectivity index (χ1v) is 12.7. The van der Waals surface area contributed by atoms with Crippen molar-refractivity contribution in [3.05, 3.63) is 88.3 Å². The lowest BCUT2D eigenvalue weighted by Gasteiger charge is -2.13. The van der Waals surface area contributed by atoms with Crippen LogP contribution in [0.5, 0.6) is 5.75 Å². The van der Waals surface area contributed by atoms with Crippen molar-refractivity contribution in [2.75, 3.05) is 18.2 Å². The molecule has 35 heavy (non-hydrogen) atoms. The van der Waals surface area contributed by atoms with Gasteiger partial charge in [-0.15, -0.1) is 11.3 Å². The summed E-state index contributed by atoms with van der Waals surface area (Å²) in [4.78, 5) is 36.3. The molecular weight excluding hydrogens is 480 g/mol. The lowest BCUT2D eigenvalue weighted by atomic mass is 10.2. The number of aromatic nitrogens is 3. The molecule has 1 amide bonds. The highest BCUT2D eigenvalue weighted by atomic mass is 32.2. The van der Waals surface area contributed by atoms with E-state index < -0.39 is 0 Å². The first-order valence-electron chi connectivity index (χ1n) is 10.9. The van der Waals surface area contributed by atoms with Crippen molar-refractivity contribution in [1.29, 1.82) is 0 Å². The van der Waals surface area contributed by atoms with Gasteiger partial charge in [0, 0.05) is 17.3 Å². The van der Waals surface area contributed by atoms with Crippen LogP contribution in [0.3, 0.4) is 0 Å². The zero-order valence-electron chi connectivity index (χ0n) is 19.1. The number of pyridine rings is 1. The van der Waals surface area contributed by atoms with Gasteiger partial charge in [0.25, 0.3) is 5.56 Å². The fraction of sp³-hybridized carbons (Fsp3) is 0.154. The molecule has 0 saturated heterocycles. The summed E-state index contributed by atoms with van der Waals surface area (Å²) in [5, 5.41) is 4.24. The number of ether oxygens (including phenoxy) is 1. The summed E-state index contributed by atoms with van der Waals surface area (Å²) in [6.07, 6.45) is 1.71. The molecule has 2 aromatic carbocycles. The van der Waals surface area contributed by atoms with Crippen molar-refractivity contribution in [2.24, 2.45) is 0 Å². The maximum Gasteiger partial charge on any atom is 0.272 e. The van der Waals surface area contributed by atoms with Crippen LogP contribution in [-0.2, 0) is 11.3 Å². The van der Waals surface area contributed by atoms with E-state index in [2.05, 4.69) is 10.3 Å². The van der Waals surface area contributed by atoms with Crippen LogP contribution in [0.25, 0.3) is 20.4 Å². The summed E-state index contributed by atoms with van der Waals surface area (Å²) in [6, 6.07) is 18.9. The van der Waals surface area contributed by atoms with Crippen LogP contribution in [0.1, 0.15) is 11.1 Å². The maximum absolute atomic E-state index is 13.6. The number of amides is 1. The SMILES string of the molecule is COc1ccc(Cn2c(SCC(=O)Nc3cccc(C)c3)nc3c(sc4ncccc43)c2=O)cc1. The average Bonchev–Trinajstić information content (AvgIpc) is 3.24. The van der Waals surface area contributed by atoms with Crippen molar-refractivity contribution in [1.82, 2.24) is 14.5 Å².